The Kier molecular flexibility index (Phi) is 2.37. The molecule has 1 N–H and O–H groups in total. The highest BCUT2D eigenvalue weighted by atomic mass is 14.9. The fourth-order valence-electron chi connectivity index (χ4n) is 2.45. The van der Waals surface area contributed by atoms with E-state index in [-0.39, 0.29) is 0 Å². The van der Waals surface area contributed by atoms with Crippen LogP contribution < -0.4 is 0 Å². The summed E-state index contributed by atoms with van der Waals surface area (Å²) < 4.78 is 0. The largest absolute Gasteiger partial charge is 0.361 e. The first kappa shape index (κ1) is 10.0. The highest BCUT2D eigenvalue weighted by Crippen LogP contribution is 2.34. The molecule has 1 aliphatic rings. The van der Waals surface area contributed by atoms with Gasteiger partial charge in [-0.2, -0.15) is 0 Å². The highest BCUT2D eigenvalue weighted by Gasteiger charge is 2.27. The normalized spacial score (nSPS) is 17.7. The summed E-state index contributed by atoms with van der Waals surface area (Å²) in [5.41, 5.74) is 3.54. The lowest BCUT2D eigenvalue weighted by Crippen LogP contribution is -2.01. The zero-order valence-electron chi connectivity index (χ0n) is 9.35. The molecule has 0 spiro atoms. The van der Waals surface area contributed by atoms with Gasteiger partial charge in [-0.25, -0.2) is 4.98 Å². The van der Waals surface area contributed by atoms with Crippen molar-refractivity contribution in [3.63, 3.8) is 0 Å². The van der Waals surface area contributed by atoms with E-state index in [1.165, 1.54) is 5.56 Å². The van der Waals surface area contributed by atoms with E-state index in [9.17, 15) is 0 Å². The molecule has 2 heterocycles. The second-order valence-corrected chi connectivity index (χ2v) is 4.34. The van der Waals surface area contributed by atoms with Gasteiger partial charge in [-0.1, -0.05) is 12.6 Å². The molecule has 3 rings (SSSR count). The molecule has 17 heavy (non-hydrogen) atoms. The van der Waals surface area contributed by atoms with Crippen LogP contribution in [0.25, 0.3) is 4.85 Å². The first-order chi connectivity index (χ1) is 8.36. The van der Waals surface area contributed by atoms with Gasteiger partial charge in [0.25, 0.3) is 5.82 Å². The van der Waals surface area contributed by atoms with E-state index in [4.69, 9.17) is 6.57 Å². The molecule has 0 fully saturated rings. The van der Waals surface area contributed by atoms with E-state index in [0.29, 0.717) is 11.7 Å². The van der Waals surface area contributed by atoms with Gasteiger partial charge in [0.2, 0.25) is 0 Å². The van der Waals surface area contributed by atoms with Crippen molar-refractivity contribution >= 4 is 5.82 Å². The van der Waals surface area contributed by atoms with Gasteiger partial charge in [0.05, 0.1) is 6.33 Å². The minimum Gasteiger partial charge on any atom is -0.361 e. The maximum atomic E-state index is 7.01. The SMILES string of the molecule is [C-]#[N+]c1ccc2c(n1)C(Cc1cnc[nH]1)CC2. The summed E-state index contributed by atoms with van der Waals surface area (Å²) >= 11 is 0. The van der Waals surface area contributed by atoms with Crippen LogP contribution in [0, 0.1) is 6.57 Å². The average Bonchev–Trinajstić information content (AvgIpc) is 2.99. The number of imidazole rings is 1. The summed E-state index contributed by atoms with van der Waals surface area (Å²) in [6.07, 6.45) is 6.68. The fraction of sp³-hybridized carbons (Fsp3) is 0.308. The second-order valence-electron chi connectivity index (χ2n) is 4.34. The van der Waals surface area contributed by atoms with Crippen molar-refractivity contribution in [2.24, 2.45) is 0 Å². The first-order valence-electron chi connectivity index (χ1n) is 5.71. The molecule has 1 atom stereocenters. The molecule has 0 saturated heterocycles. The Labute approximate surface area is 99.6 Å². The highest BCUT2D eigenvalue weighted by molar-refractivity contribution is 5.42. The zero-order valence-corrected chi connectivity index (χ0v) is 9.35. The predicted octanol–water partition coefficient (Wildman–Crippen LogP) is 2.63. The lowest BCUT2D eigenvalue weighted by molar-refractivity contribution is 0.653. The van der Waals surface area contributed by atoms with Gasteiger partial charge >= 0.3 is 0 Å². The second kappa shape index (κ2) is 4.02. The molecule has 0 radical (unpaired) electrons. The molecule has 1 unspecified atom stereocenters. The number of hydrogen-bond donors (Lipinski definition) is 1. The first-order valence-corrected chi connectivity index (χ1v) is 5.71. The number of pyridine rings is 1. The fourth-order valence-corrected chi connectivity index (χ4v) is 2.45. The number of hydrogen-bond acceptors (Lipinski definition) is 2. The lowest BCUT2D eigenvalue weighted by Gasteiger charge is -2.06. The van der Waals surface area contributed by atoms with Gasteiger partial charge in [-0.05, 0) is 30.9 Å². The summed E-state index contributed by atoms with van der Waals surface area (Å²) in [6.45, 7) is 7.01. The van der Waals surface area contributed by atoms with Crippen LogP contribution in [0.3, 0.4) is 0 Å². The molecule has 1 aliphatic carbocycles. The number of nitrogens with one attached hydrogen (secondary N) is 1. The molecule has 4 heteroatoms. The standard InChI is InChI=1S/C13H12N4/c1-14-12-5-4-9-2-3-10(13(9)17-12)6-11-7-15-8-16-11/h4-5,7-8,10H,2-3,6H2,(H,15,16). The zero-order chi connectivity index (χ0) is 11.7. The molecular formula is C13H12N4. The van der Waals surface area contributed by atoms with Crippen LogP contribution in [0.1, 0.15) is 29.3 Å². The van der Waals surface area contributed by atoms with Crippen LogP contribution in [0.15, 0.2) is 24.7 Å². The number of fused-ring (bicyclic) bond motifs is 1. The third-order valence-corrected chi connectivity index (χ3v) is 3.28. The van der Waals surface area contributed by atoms with Crippen molar-refractivity contribution in [2.45, 2.75) is 25.2 Å². The topological polar surface area (TPSA) is 45.9 Å². The quantitative estimate of drug-likeness (QED) is 0.797. The third-order valence-electron chi connectivity index (χ3n) is 3.28. The maximum absolute atomic E-state index is 7.01. The number of aryl methyl sites for hydroxylation is 1. The Morgan fingerprint density at radius 2 is 2.41 bits per heavy atom. The van der Waals surface area contributed by atoms with Gasteiger partial charge in [0.1, 0.15) is 5.69 Å². The molecule has 0 saturated carbocycles. The van der Waals surface area contributed by atoms with Gasteiger partial charge in [-0.15, -0.1) is 4.98 Å². The Morgan fingerprint density at radius 1 is 1.47 bits per heavy atom. The number of aromatic amines is 1. The molecule has 0 bridgehead atoms. The van der Waals surface area contributed by atoms with Crippen molar-refractivity contribution in [2.75, 3.05) is 0 Å². The van der Waals surface area contributed by atoms with Crippen molar-refractivity contribution < 1.29 is 0 Å². The van der Waals surface area contributed by atoms with Crippen molar-refractivity contribution in [1.29, 1.82) is 0 Å². The average molecular weight is 224 g/mol. The van der Waals surface area contributed by atoms with Crippen LogP contribution in [-0.2, 0) is 12.8 Å². The molecule has 0 aliphatic heterocycles. The van der Waals surface area contributed by atoms with E-state index in [1.807, 2.05) is 18.3 Å². The lowest BCUT2D eigenvalue weighted by atomic mass is 10.0. The van der Waals surface area contributed by atoms with Crippen LogP contribution in [0.2, 0.25) is 0 Å². The van der Waals surface area contributed by atoms with E-state index in [1.54, 1.807) is 6.33 Å². The van der Waals surface area contributed by atoms with Crippen molar-refractivity contribution in [3.05, 3.63) is 53.0 Å². The van der Waals surface area contributed by atoms with E-state index < -0.39 is 0 Å². The van der Waals surface area contributed by atoms with E-state index >= 15 is 0 Å². The molecule has 84 valence electrons. The van der Waals surface area contributed by atoms with Gasteiger partial charge < -0.3 is 9.83 Å². The molecule has 0 aromatic carbocycles. The van der Waals surface area contributed by atoms with Crippen LogP contribution in [-0.4, -0.2) is 15.0 Å². The summed E-state index contributed by atoms with van der Waals surface area (Å²) in [6, 6.07) is 3.85. The Morgan fingerprint density at radius 3 is 3.18 bits per heavy atom. The minimum absolute atomic E-state index is 0.423. The van der Waals surface area contributed by atoms with Gasteiger partial charge in [0, 0.05) is 17.8 Å². The monoisotopic (exact) mass is 224 g/mol. The Balaban J connectivity index is 1.90. The third kappa shape index (κ3) is 1.80. The summed E-state index contributed by atoms with van der Waals surface area (Å²) in [4.78, 5) is 15.0. The minimum atomic E-state index is 0.423. The van der Waals surface area contributed by atoms with Crippen LogP contribution in [0.4, 0.5) is 5.82 Å². The van der Waals surface area contributed by atoms with Crippen molar-refractivity contribution in [3.8, 4) is 0 Å². The molecule has 0 amide bonds. The van der Waals surface area contributed by atoms with Crippen LogP contribution in [0.5, 0.6) is 0 Å². The Hall–Kier alpha value is -2.15. The molecule has 2 aromatic heterocycles. The number of rotatable bonds is 2. The van der Waals surface area contributed by atoms with Gasteiger partial charge in [-0.3, -0.25) is 0 Å². The summed E-state index contributed by atoms with van der Waals surface area (Å²) in [5, 5.41) is 0. The van der Waals surface area contributed by atoms with Crippen LogP contribution >= 0.6 is 0 Å². The van der Waals surface area contributed by atoms with Gasteiger partial charge in [0.15, 0.2) is 0 Å². The molecular weight excluding hydrogens is 212 g/mol. The summed E-state index contributed by atoms with van der Waals surface area (Å²) in [5.74, 6) is 0.924. The number of H-pyrrole nitrogens is 1. The Bertz CT molecular complexity index is 566. The number of nitrogens with zero attached hydrogens (tertiary/aromatic N) is 3. The van der Waals surface area contributed by atoms with Crippen molar-refractivity contribution in [1.82, 2.24) is 15.0 Å². The predicted molar refractivity (Wildman–Crippen MR) is 63.9 cm³/mol. The maximum Gasteiger partial charge on any atom is 0.269 e. The number of aromatic nitrogens is 3. The summed E-state index contributed by atoms with van der Waals surface area (Å²) in [7, 11) is 0. The molecule has 4 nitrogen and oxygen atoms in total. The molecule has 2 aromatic rings. The smallest absolute Gasteiger partial charge is 0.269 e. The van der Waals surface area contributed by atoms with E-state index in [2.05, 4.69) is 19.8 Å². The van der Waals surface area contributed by atoms with E-state index in [0.717, 1.165) is 30.7 Å².